The number of allylic oxidation sites excluding steroid dienone is 2. The molecule has 1 aromatic carbocycles. The van der Waals surface area contributed by atoms with Crippen molar-refractivity contribution in [1.29, 1.82) is 0 Å². The van der Waals surface area contributed by atoms with Crippen molar-refractivity contribution in [2.24, 2.45) is 0 Å². The summed E-state index contributed by atoms with van der Waals surface area (Å²) >= 11 is 0. The maximum Gasteiger partial charge on any atom is 0.231 e. The van der Waals surface area contributed by atoms with E-state index in [0.717, 1.165) is 16.7 Å². The van der Waals surface area contributed by atoms with Crippen molar-refractivity contribution in [1.82, 2.24) is 4.98 Å². The Balaban J connectivity index is 2.27. The summed E-state index contributed by atoms with van der Waals surface area (Å²) in [4.78, 5) is 4.62. The van der Waals surface area contributed by atoms with Crippen LogP contribution >= 0.6 is 0 Å². The van der Waals surface area contributed by atoms with Gasteiger partial charge in [-0.05, 0) is 32.4 Å². The Bertz CT molecular complexity index is 748. The molecule has 2 heterocycles. The lowest BCUT2D eigenvalue weighted by Gasteiger charge is -2.15. The minimum Gasteiger partial charge on any atom is -0.496 e. The van der Waals surface area contributed by atoms with Gasteiger partial charge in [0.05, 0.1) is 19.8 Å². The van der Waals surface area contributed by atoms with Gasteiger partial charge >= 0.3 is 0 Å². The second kappa shape index (κ2) is 5.75. The van der Waals surface area contributed by atoms with E-state index < -0.39 is 0 Å². The fraction of sp³-hybridized carbons (Fsp3) is 0.353. The molecule has 1 aliphatic rings. The van der Waals surface area contributed by atoms with E-state index in [1.165, 1.54) is 5.57 Å². The average molecular weight is 301 g/mol. The number of nitrogens with zero attached hydrogens (tertiary/aromatic N) is 1. The monoisotopic (exact) mass is 301 g/mol. The molecule has 0 fully saturated rings. The van der Waals surface area contributed by atoms with E-state index >= 15 is 0 Å². The van der Waals surface area contributed by atoms with Crippen molar-refractivity contribution in [3.05, 3.63) is 29.3 Å². The molecule has 2 aromatic rings. The molecule has 5 heteroatoms. The molecule has 0 saturated carbocycles. The highest BCUT2D eigenvalue weighted by atomic mass is 16.7. The largest absolute Gasteiger partial charge is 0.496 e. The SMILES string of the molecule is COc1nc2c3c(ccc2c(OC)c1CC=C(C)C)OCO3. The minimum absolute atomic E-state index is 0.209. The molecular formula is C17H19NO4. The van der Waals surface area contributed by atoms with Gasteiger partial charge in [-0.25, -0.2) is 4.98 Å². The van der Waals surface area contributed by atoms with E-state index in [9.17, 15) is 0 Å². The van der Waals surface area contributed by atoms with Gasteiger partial charge in [-0.3, -0.25) is 0 Å². The van der Waals surface area contributed by atoms with Gasteiger partial charge in [-0.1, -0.05) is 11.6 Å². The van der Waals surface area contributed by atoms with Crippen molar-refractivity contribution in [2.45, 2.75) is 20.3 Å². The zero-order valence-corrected chi connectivity index (χ0v) is 13.2. The summed E-state index contributed by atoms with van der Waals surface area (Å²) in [6.07, 6.45) is 2.83. The summed E-state index contributed by atoms with van der Waals surface area (Å²) < 4.78 is 22.1. The maximum absolute atomic E-state index is 5.65. The lowest BCUT2D eigenvalue weighted by molar-refractivity contribution is 0.174. The number of hydrogen-bond donors (Lipinski definition) is 0. The van der Waals surface area contributed by atoms with Crippen molar-refractivity contribution < 1.29 is 18.9 Å². The Morgan fingerprint density at radius 2 is 2.05 bits per heavy atom. The molecule has 1 aromatic heterocycles. The van der Waals surface area contributed by atoms with Crippen LogP contribution in [-0.4, -0.2) is 26.0 Å². The third-order valence-corrected chi connectivity index (χ3v) is 3.62. The molecule has 0 bridgehead atoms. The molecule has 0 saturated heterocycles. The molecule has 0 radical (unpaired) electrons. The first-order valence-corrected chi connectivity index (χ1v) is 7.12. The summed E-state index contributed by atoms with van der Waals surface area (Å²) in [5.41, 5.74) is 2.86. The topological polar surface area (TPSA) is 49.8 Å². The highest BCUT2D eigenvalue weighted by Crippen LogP contribution is 2.44. The van der Waals surface area contributed by atoms with E-state index in [4.69, 9.17) is 18.9 Å². The molecule has 0 amide bonds. The predicted molar refractivity (Wildman–Crippen MR) is 84.1 cm³/mol. The molecule has 5 nitrogen and oxygen atoms in total. The number of pyridine rings is 1. The van der Waals surface area contributed by atoms with Crippen LogP contribution in [0.5, 0.6) is 23.1 Å². The third-order valence-electron chi connectivity index (χ3n) is 3.62. The molecule has 0 unspecified atom stereocenters. The molecule has 0 N–H and O–H groups in total. The van der Waals surface area contributed by atoms with Gasteiger partial charge in [-0.2, -0.15) is 0 Å². The molecule has 0 spiro atoms. The molecule has 0 atom stereocenters. The Morgan fingerprint density at radius 3 is 2.73 bits per heavy atom. The first-order valence-electron chi connectivity index (χ1n) is 7.12. The van der Waals surface area contributed by atoms with E-state index in [2.05, 4.69) is 24.9 Å². The summed E-state index contributed by atoms with van der Waals surface area (Å²) in [6, 6.07) is 3.83. The first-order chi connectivity index (χ1) is 10.7. The van der Waals surface area contributed by atoms with Crippen molar-refractivity contribution in [3.8, 4) is 23.1 Å². The number of aromatic nitrogens is 1. The van der Waals surface area contributed by atoms with Crippen LogP contribution in [0.1, 0.15) is 19.4 Å². The van der Waals surface area contributed by atoms with Gasteiger partial charge in [-0.15, -0.1) is 0 Å². The van der Waals surface area contributed by atoms with Crippen LogP contribution in [0.15, 0.2) is 23.8 Å². The first kappa shape index (κ1) is 14.5. The summed E-state index contributed by atoms with van der Waals surface area (Å²) in [6.45, 7) is 4.33. The zero-order chi connectivity index (χ0) is 15.7. The quantitative estimate of drug-likeness (QED) is 0.809. The van der Waals surface area contributed by atoms with Crippen molar-refractivity contribution in [2.75, 3.05) is 21.0 Å². The van der Waals surface area contributed by atoms with Crippen molar-refractivity contribution in [3.63, 3.8) is 0 Å². The Labute approximate surface area is 129 Å². The molecular weight excluding hydrogens is 282 g/mol. The fourth-order valence-corrected chi connectivity index (χ4v) is 2.57. The summed E-state index contributed by atoms with van der Waals surface area (Å²) in [5.74, 6) is 2.65. The van der Waals surface area contributed by atoms with Crippen LogP contribution in [0.3, 0.4) is 0 Å². The van der Waals surface area contributed by atoms with Gasteiger partial charge in [0.1, 0.15) is 11.3 Å². The normalized spacial score (nSPS) is 12.4. The molecule has 1 aliphatic heterocycles. The van der Waals surface area contributed by atoms with Gasteiger partial charge in [0.15, 0.2) is 11.5 Å². The molecule has 22 heavy (non-hydrogen) atoms. The highest BCUT2D eigenvalue weighted by Gasteiger charge is 2.23. The number of benzene rings is 1. The number of rotatable bonds is 4. The smallest absolute Gasteiger partial charge is 0.231 e. The van der Waals surface area contributed by atoms with Crippen LogP contribution < -0.4 is 18.9 Å². The Morgan fingerprint density at radius 1 is 1.23 bits per heavy atom. The number of ether oxygens (including phenoxy) is 4. The number of fused-ring (bicyclic) bond motifs is 3. The van der Waals surface area contributed by atoms with Crippen LogP contribution in [-0.2, 0) is 6.42 Å². The number of methoxy groups -OCH3 is 2. The Kier molecular flexibility index (Phi) is 3.79. The highest BCUT2D eigenvalue weighted by molar-refractivity contribution is 5.94. The standard InChI is InChI=1S/C17H19NO4/c1-10(2)5-6-12-15(19-3)11-7-8-13-16(22-9-21-13)14(11)18-17(12)20-4/h5,7-8H,6,9H2,1-4H3. The predicted octanol–water partition coefficient (Wildman–Crippen LogP) is 3.49. The summed E-state index contributed by atoms with van der Waals surface area (Å²) in [7, 11) is 3.27. The maximum atomic E-state index is 5.65. The van der Waals surface area contributed by atoms with Crippen LogP contribution in [0.25, 0.3) is 10.9 Å². The van der Waals surface area contributed by atoms with Crippen molar-refractivity contribution >= 4 is 10.9 Å². The van der Waals surface area contributed by atoms with Gasteiger partial charge in [0.2, 0.25) is 12.7 Å². The summed E-state index contributed by atoms with van der Waals surface area (Å²) in [5, 5.41) is 0.893. The van der Waals surface area contributed by atoms with Gasteiger partial charge in [0.25, 0.3) is 0 Å². The third kappa shape index (κ3) is 2.32. The molecule has 3 rings (SSSR count). The van der Waals surface area contributed by atoms with E-state index in [1.807, 2.05) is 12.1 Å². The molecule has 0 aliphatic carbocycles. The van der Waals surface area contributed by atoms with E-state index in [1.54, 1.807) is 14.2 Å². The van der Waals surface area contributed by atoms with Gasteiger partial charge in [0, 0.05) is 5.39 Å². The van der Waals surface area contributed by atoms with Crippen LogP contribution in [0.2, 0.25) is 0 Å². The lowest BCUT2D eigenvalue weighted by atomic mass is 10.1. The van der Waals surface area contributed by atoms with E-state index in [-0.39, 0.29) is 6.79 Å². The number of hydrogen-bond acceptors (Lipinski definition) is 5. The van der Waals surface area contributed by atoms with E-state index in [0.29, 0.717) is 29.3 Å². The van der Waals surface area contributed by atoms with Crippen LogP contribution in [0, 0.1) is 0 Å². The Hall–Kier alpha value is -2.43. The minimum atomic E-state index is 0.209. The lowest BCUT2D eigenvalue weighted by Crippen LogP contribution is -2.01. The second-order valence-corrected chi connectivity index (χ2v) is 5.31. The fourth-order valence-electron chi connectivity index (χ4n) is 2.57. The zero-order valence-electron chi connectivity index (χ0n) is 13.2. The second-order valence-electron chi connectivity index (χ2n) is 5.31. The van der Waals surface area contributed by atoms with Gasteiger partial charge < -0.3 is 18.9 Å². The average Bonchev–Trinajstić information content (AvgIpc) is 3.00. The molecule has 116 valence electrons. The van der Waals surface area contributed by atoms with Crippen LogP contribution in [0.4, 0.5) is 0 Å².